The van der Waals surface area contributed by atoms with Crippen LogP contribution in [0.4, 0.5) is 0 Å². The van der Waals surface area contributed by atoms with E-state index in [2.05, 4.69) is 26.1 Å². The molecule has 2 atom stereocenters. The van der Waals surface area contributed by atoms with E-state index in [4.69, 9.17) is 5.73 Å². The van der Waals surface area contributed by atoms with Crippen molar-refractivity contribution in [3.63, 3.8) is 0 Å². The molecule has 1 aliphatic carbocycles. The number of rotatable bonds is 5. The third-order valence-electron chi connectivity index (χ3n) is 4.02. The molecule has 1 rings (SSSR count). The Morgan fingerprint density at radius 3 is 2.35 bits per heavy atom. The van der Waals surface area contributed by atoms with Crippen LogP contribution in [0.1, 0.15) is 59.3 Å². The van der Waals surface area contributed by atoms with E-state index in [9.17, 15) is 4.79 Å². The van der Waals surface area contributed by atoms with Crippen molar-refractivity contribution in [2.75, 3.05) is 0 Å². The van der Waals surface area contributed by atoms with Crippen LogP contribution >= 0.6 is 0 Å². The molecule has 0 aromatic heterocycles. The SMILES string of the molecule is CC(C)C(N)CC(=O)NC(C)C1CCCCC1. The van der Waals surface area contributed by atoms with E-state index in [1.54, 1.807) is 0 Å². The summed E-state index contributed by atoms with van der Waals surface area (Å²) in [6.07, 6.45) is 6.96. The van der Waals surface area contributed by atoms with E-state index >= 15 is 0 Å². The minimum atomic E-state index is -0.0199. The molecule has 3 heteroatoms. The Morgan fingerprint density at radius 2 is 1.82 bits per heavy atom. The first kappa shape index (κ1) is 14.5. The molecule has 1 fully saturated rings. The summed E-state index contributed by atoms with van der Waals surface area (Å²) in [5, 5.41) is 3.12. The van der Waals surface area contributed by atoms with Gasteiger partial charge in [0.15, 0.2) is 0 Å². The number of hydrogen-bond acceptors (Lipinski definition) is 2. The molecule has 1 amide bonds. The molecule has 3 N–H and O–H groups in total. The standard InChI is InChI=1S/C14H28N2O/c1-10(2)13(15)9-14(17)16-11(3)12-7-5-4-6-8-12/h10-13H,4-9,15H2,1-3H3,(H,16,17). The van der Waals surface area contributed by atoms with Gasteiger partial charge in [0.25, 0.3) is 0 Å². The van der Waals surface area contributed by atoms with Crippen LogP contribution in [0.15, 0.2) is 0 Å². The molecule has 0 saturated heterocycles. The average molecular weight is 240 g/mol. The number of hydrogen-bond donors (Lipinski definition) is 2. The Kier molecular flexibility index (Phi) is 5.96. The van der Waals surface area contributed by atoms with E-state index < -0.39 is 0 Å². The maximum atomic E-state index is 11.8. The molecule has 0 bridgehead atoms. The van der Waals surface area contributed by atoms with Crippen molar-refractivity contribution in [1.29, 1.82) is 0 Å². The smallest absolute Gasteiger partial charge is 0.221 e. The van der Waals surface area contributed by atoms with Crippen LogP contribution in [-0.4, -0.2) is 18.0 Å². The fourth-order valence-electron chi connectivity index (χ4n) is 2.51. The van der Waals surface area contributed by atoms with Gasteiger partial charge < -0.3 is 11.1 Å². The first-order valence-electron chi connectivity index (χ1n) is 7.05. The molecule has 0 heterocycles. The highest BCUT2D eigenvalue weighted by Gasteiger charge is 2.22. The average Bonchev–Trinajstić information content (AvgIpc) is 2.29. The van der Waals surface area contributed by atoms with Gasteiger partial charge in [0, 0.05) is 18.5 Å². The topological polar surface area (TPSA) is 55.1 Å². The number of carbonyl (C=O) groups is 1. The molecule has 17 heavy (non-hydrogen) atoms. The Morgan fingerprint density at radius 1 is 1.24 bits per heavy atom. The quantitative estimate of drug-likeness (QED) is 0.775. The maximum Gasteiger partial charge on any atom is 0.221 e. The van der Waals surface area contributed by atoms with Crippen LogP contribution in [0.3, 0.4) is 0 Å². The molecule has 0 aliphatic heterocycles. The second-order valence-electron chi connectivity index (χ2n) is 5.87. The zero-order chi connectivity index (χ0) is 12.8. The first-order valence-corrected chi connectivity index (χ1v) is 7.05. The van der Waals surface area contributed by atoms with E-state index in [1.165, 1.54) is 32.1 Å². The summed E-state index contributed by atoms with van der Waals surface area (Å²) in [5.41, 5.74) is 5.91. The second-order valence-corrected chi connectivity index (χ2v) is 5.87. The van der Waals surface area contributed by atoms with Crippen LogP contribution in [-0.2, 0) is 4.79 Å². The highest BCUT2D eigenvalue weighted by molar-refractivity contribution is 5.76. The number of nitrogens with one attached hydrogen (secondary N) is 1. The Balaban J connectivity index is 2.29. The molecular weight excluding hydrogens is 212 g/mol. The monoisotopic (exact) mass is 240 g/mol. The van der Waals surface area contributed by atoms with Gasteiger partial charge in [0.1, 0.15) is 0 Å². The maximum absolute atomic E-state index is 11.8. The summed E-state index contributed by atoms with van der Waals surface area (Å²) in [6.45, 7) is 6.25. The summed E-state index contributed by atoms with van der Waals surface area (Å²) in [5.74, 6) is 1.15. The summed E-state index contributed by atoms with van der Waals surface area (Å²) < 4.78 is 0. The fourth-order valence-corrected chi connectivity index (χ4v) is 2.51. The summed E-state index contributed by atoms with van der Waals surface area (Å²) in [6, 6.07) is 0.288. The van der Waals surface area contributed by atoms with Crippen molar-refractivity contribution in [3.05, 3.63) is 0 Å². The zero-order valence-corrected chi connectivity index (χ0v) is 11.5. The van der Waals surface area contributed by atoms with E-state index in [0.717, 1.165) is 0 Å². The molecule has 2 unspecified atom stereocenters. The van der Waals surface area contributed by atoms with Gasteiger partial charge in [-0.15, -0.1) is 0 Å². The van der Waals surface area contributed by atoms with Crippen LogP contribution in [0.2, 0.25) is 0 Å². The highest BCUT2D eigenvalue weighted by atomic mass is 16.1. The number of amides is 1. The lowest BCUT2D eigenvalue weighted by atomic mass is 9.84. The summed E-state index contributed by atoms with van der Waals surface area (Å²) >= 11 is 0. The Labute approximate surface area is 106 Å². The van der Waals surface area contributed by atoms with Crippen molar-refractivity contribution >= 4 is 5.91 Å². The largest absolute Gasteiger partial charge is 0.353 e. The third-order valence-corrected chi connectivity index (χ3v) is 4.02. The van der Waals surface area contributed by atoms with Gasteiger partial charge in [-0.2, -0.15) is 0 Å². The van der Waals surface area contributed by atoms with Crippen molar-refractivity contribution < 1.29 is 4.79 Å². The Hall–Kier alpha value is -0.570. The predicted octanol–water partition coefficient (Wildman–Crippen LogP) is 2.44. The van der Waals surface area contributed by atoms with Crippen LogP contribution in [0.5, 0.6) is 0 Å². The lowest BCUT2D eigenvalue weighted by Gasteiger charge is -2.28. The minimum Gasteiger partial charge on any atom is -0.353 e. The van der Waals surface area contributed by atoms with Gasteiger partial charge in [-0.05, 0) is 31.6 Å². The number of carbonyl (C=O) groups excluding carboxylic acids is 1. The van der Waals surface area contributed by atoms with Crippen molar-refractivity contribution in [2.45, 2.75) is 71.4 Å². The second kappa shape index (κ2) is 7.00. The minimum absolute atomic E-state index is 0.0199. The molecule has 1 aliphatic rings. The van der Waals surface area contributed by atoms with Gasteiger partial charge >= 0.3 is 0 Å². The van der Waals surface area contributed by atoms with Gasteiger partial charge in [0.2, 0.25) is 5.91 Å². The molecule has 100 valence electrons. The molecule has 0 aromatic rings. The van der Waals surface area contributed by atoms with Crippen LogP contribution < -0.4 is 11.1 Å². The lowest BCUT2D eigenvalue weighted by Crippen LogP contribution is -2.42. The van der Waals surface area contributed by atoms with Gasteiger partial charge in [0.05, 0.1) is 0 Å². The van der Waals surface area contributed by atoms with Gasteiger partial charge in [-0.3, -0.25) is 4.79 Å². The van der Waals surface area contributed by atoms with Gasteiger partial charge in [-0.1, -0.05) is 33.1 Å². The van der Waals surface area contributed by atoms with Crippen LogP contribution in [0, 0.1) is 11.8 Å². The van der Waals surface area contributed by atoms with E-state index in [1.807, 2.05) is 0 Å². The van der Waals surface area contributed by atoms with Crippen LogP contribution in [0.25, 0.3) is 0 Å². The zero-order valence-electron chi connectivity index (χ0n) is 11.5. The first-order chi connectivity index (χ1) is 8.00. The molecule has 3 nitrogen and oxygen atoms in total. The molecule has 1 saturated carbocycles. The van der Waals surface area contributed by atoms with Crippen molar-refractivity contribution in [2.24, 2.45) is 17.6 Å². The summed E-state index contributed by atoms with van der Waals surface area (Å²) in [7, 11) is 0. The molecular formula is C14H28N2O. The van der Waals surface area contributed by atoms with Gasteiger partial charge in [-0.25, -0.2) is 0 Å². The van der Waals surface area contributed by atoms with Crippen molar-refractivity contribution in [3.8, 4) is 0 Å². The van der Waals surface area contributed by atoms with E-state index in [-0.39, 0.29) is 11.9 Å². The van der Waals surface area contributed by atoms with Crippen molar-refractivity contribution in [1.82, 2.24) is 5.32 Å². The molecule has 0 aromatic carbocycles. The number of nitrogens with two attached hydrogens (primary N) is 1. The molecule has 0 radical (unpaired) electrons. The normalized spacial score (nSPS) is 21.2. The lowest BCUT2D eigenvalue weighted by molar-refractivity contribution is -0.122. The Bertz CT molecular complexity index is 234. The predicted molar refractivity (Wildman–Crippen MR) is 71.6 cm³/mol. The summed E-state index contributed by atoms with van der Waals surface area (Å²) in [4.78, 5) is 11.8. The highest BCUT2D eigenvalue weighted by Crippen LogP contribution is 2.26. The fraction of sp³-hybridized carbons (Fsp3) is 0.929. The third kappa shape index (κ3) is 5.07. The molecule has 0 spiro atoms. The van der Waals surface area contributed by atoms with E-state index in [0.29, 0.717) is 24.3 Å².